The van der Waals surface area contributed by atoms with Crippen LogP contribution in [0.5, 0.6) is 5.75 Å². The molecule has 4 N–H and O–H groups in total. The van der Waals surface area contributed by atoms with Crippen molar-refractivity contribution in [2.24, 2.45) is 28.7 Å². The number of isocyanates is 1. The van der Waals surface area contributed by atoms with E-state index in [1.807, 2.05) is 56.2 Å². The molecular formula is C70H123Cl2F3N10O16. The van der Waals surface area contributed by atoms with Crippen LogP contribution in [-0.4, -0.2) is 265 Å². The van der Waals surface area contributed by atoms with E-state index in [-0.39, 0.29) is 75.4 Å². The topological polar surface area (TPSA) is 289 Å². The highest BCUT2D eigenvalue weighted by Crippen LogP contribution is 2.26. The van der Waals surface area contributed by atoms with Crippen molar-refractivity contribution in [3.05, 3.63) is 24.3 Å². The van der Waals surface area contributed by atoms with Crippen molar-refractivity contribution in [2.75, 3.05) is 170 Å². The van der Waals surface area contributed by atoms with Gasteiger partial charge in [0.2, 0.25) is 23.8 Å². The number of carbonyl (C=O) groups is 7. The van der Waals surface area contributed by atoms with Crippen molar-refractivity contribution >= 4 is 78.5 Å². The van der Waals surface area contributed by atoms with Gasteiger partial charge in [-0.15, -0.1) is 38.0 Å². The van der Waals surface area contributed by atoms with Gasteiger partial charge in [-0.2, -0.15) is 0 Å². The van der Waals surface area contributed by atoms with Crippen LogP contribution in [0.4, 0.5) is 33.2 Å². The molecule has 0 aromatic heterocycles. The van der Waals surface area contributed by atoms with Crippen LogP contribution in [0.1, 0.15) is 159 Å². The Morgan fingerprint density at radius 2 is 0.802 bits per heavy atom. The Hall–Kier alpha value is -5.78. The molecule has 0 saturated carbocycles. The summed E-state index contributed by atoms with van der Waals surface area (Å²) in [4.78, 5) is 106. The first-order valence-corrected chi connectivity index (χ1v) is 34.8. The standard InChI is InChI=1S/C20H26F3N3O4.C17H30N2O4.C12H22N2O2.C10H20N2O2.C7H12O3.C2H3NO.2CH4.2ClH/c21-20(22,23)30-17-4-2-16(3-5-17)24-19(28)26-9-1-8-25(10-11-26)18(27)14-15-6-12-29-13-7-15;1-17(2,3)23-16(21)19-8-4-7-18(9-10-19)15(20)13-14-5-11-22-12-6-14;15-12(10-11-2-8-16-9-3-11)14-6-1-4-13-5-7-14;1-10(2,3)14-9(13)12-7-4-5-11-6-8-12;8-7(9)5-6-1-3-10-4-2-6;1-3-2-4;;;;/h2-5,15H,1,6-14H2,(H,24,28);14H,4-13H2,1-3H3;11,13H,1-10H2;11H,4-8H2,1-3H3;6H,1-5H2,(H,8,9);1H3;2*1H4;2*1H. The van der Waals surface area contributed by atoms with Crippen LogP contribution in [0.15, 0.2) is 29.3 Å². The summed E-state index contributed by atoms with van der Waals surface area (Å²) in [7, 11) is 1.38. The first kappa shape index (κ1) is 95.2. The molecule has 26 nitrogen and oxygen atoms in total. The van der Waals surface area contributed by atoms with Crippen molar-refractivity contribution in [3.63, 3.8) is 0 Å². The third kappa shape index (κ3) is 43.2. The average molecular weight is 1490 g/mol. The second-order valence-corrected chi connectivity index (χ2v) is 27.2. The third-order valence-electron chi connectivity index (χ3n) is 17.0. The van der Waals surface area contributed by atoms with Crippen molar-refractivity contribution in [3.8, 4) is 5.75 Å². The van der Waals surface area contributed by atoms with E-state index in [1.165, 1.54) is 25.3 Å². The molecule has 0 atom stereocenters. The summed E-state index contributed by atoms with van der Waals surface area (Å²) in [6.07, 6.45) is 9.47. The number of carboxylic acids is 1. The summed E-state index contributed by atoms with van der Waals surface area (Å²) in [5.41, 5.74) is -0.509. The van der Waals surface area contributed by atoms with E-state index in [2.05, 4.69) is 25.7 Å². The molecule has 8 aliphatic rings. The van der Waals surface area contributed by atoms with Crippen LogP contribution in [-0.2, 0) is 52.4 Å². The maximum absolute atomic E-state index is 12.6. The summed E-state index contributed by atoms with van der Waals surface area (Å²) < 4.78 is 72.3. The van der Waals surface area contributed by atoms with Gasteiger partial charge < -0.3 is 83.6 Å². The Labute approximate surface area is 611 Å². The van der Waals surface area contributed by atoms with E-state index in [0.29, 0.717) is 120 Å². The molecule has 0 spiro atoms. The Kier molecular flexibility index (Phi) is 49.2. The monoisotopic (exact) mass is 1490 g/mol. The van der Waals surface area contributed by atoms with Crippen LogP contribution in [0.25, 0.3) is 0 Å². The number of amides is 7. The Morgan fingerprint density at radius 3 is 1.17 bits per heavy atom. The maximum atomic E-state index is 12.6. The van der Waals surface area contributed by atoms with Gasteiger partial charge in [-0.05, 0) is 180 Å². The molecule has 8 fully saturated rings. The molecule has 7 amide bonds. The van der Waals surface area contributed by atoms with E-state index in [0.717, 1.165) is 188 Å². The predicted molar refractivity (Wildman–Crippen MR) is 386 cm³/mol. The highest BCUT2D eigenvalue weighted by molar-refractivity contribution is 5.89. The summed E-state index contributed by atoms with van der Waals surface area (Å²) in [6, 6.07) is 4.63. The van der Waals surface area contributed by atoms with E-state index < -0.39 is 23.5 Å². The number of aliphatic carboxylic acids is 1. The minimum atomic E-state index is -4.76. The smallest absolute Gasteiger partial charge is 0.481 e. The van der Waals surface area contributed by atoms with Crippen LogP contribution in [0, 0.1) is 23.7 Å². The molecule has 0 unspecified atom stereocenters. The number of alkyl halides is 3. The normalized spacial score (nSPS) is 19.0. The van der Waals surface area contributed by atoms with Gasteiger partial charge in [0.25, 0.3) is 0 Å². The number of carboxylic acid groups (broad SMARTS) is 1. The molecule has 0 radical (unpaired) electrons. The van der Waals surface area contributed by atoms with E-state index in [1.54, 1.807) is 14.7 Å². The number of urea groups is 1. The van der Waals surface area contributed by atoms with Gasteiger partial charge in [0.05, 0.1) is 0 Å². The summed E-state index contributed by atoms with van der Waals surface area (Å²) in [5.74, 6) is 1.34. The van der Waals surface area contributed by atoms with Crippen molar-refractivity contribution in [1.82, 2.24) is 40.0 Å². The van der Waals surface area contributed by atoms with Crippen LogP contribution >= 0.6 is 24.8 Å². The molecule has 8 aliphatic heterocycles. The zero-order valence-electron chi connectivity index (χ0n) is 59.6. The van der Waals surface area contributed by atoms with Gasteiger partial charge in [0.15, 0.2) is 0 Å². The zero-order valence-corrected chi connectivity index (χ0v) is 61.2. The molecule has 8 saturated heterocycles. The number of halogens is 5. The lowest BCUT2D eigenvalue weighted by Gasteiger charge is -2.27. The van der Waals surface area contributed by atoms with E-state index in [9.17, 15) is 46.7 Å². The molecule has 8 heterocycles. The molecule has 1 aromatic carbocycles. The lowest BCUT2D eigenvalue weighted by Crippen LogP contribution is -2.40. The number of nitrogens with one attached hydrogen (secondary N) is 3. The highest BCUT2D eigenvalue weighted by Gasteiger charge is 2.32. The Bertz CT molecular complexity index is 2510. The number of nitrogens with zero attached hydrogens (tertiary/aromatic N) is 7. The first-order valence-electron chi connectivity index (χ1n) is 34.8. The quantitative estimate of drug-likeness (QED) is 0.125. The van der Waals surface area contributed by atoms with Crippen LogP contribution in [0.3, 0.4) is 0 Å². The van der Waals surface area contributed by atoms with Crippen molar-refractivity contribution in [1.29, 1.82) is 0 Å². The molecule has 101 heavy (non-hydrogen) atoms. The minimum Gasteiger partial charge on any atom is -0.481 e. The average Bonchev–Trinajstić information content (AvgIpc) is 1.73. The van der Waals surface area contributed by atoms with Crippen molar-refractivity contribution < 1.29 is 89.8 Å². The molecule has 0 bridgehead atoms. The molecular weight excluding hydrogens is 1360 g/mol. The van der Waals surface area contributed by atoms with Crippen molar-refractivity contribution in [2.45, 2.75) is 177 Å². The van der Waals surface area contributed by atoms with Gasteiger partial charge in [-0.1, -0.05) is 14.9 Å². The maximum Gasteiger partial charge on any atom is 0.573 e. The van der Waals surface area contributed by atoms with Gasteiger partial charge in [0, 0.05) is 183 Å². The molecule has 1 aromatic rings. The predicted octanol–water partition coefficient (Wildman–Crippen LogP) is 10.5. The number of hydrogen-bond donors (Lipinski definition) is 4. The van der Waals surface area contributed by atoms with Gasteiger partial charge in [-0.3, -0.25) is 19.2 Å². The lowest BCUT2D eigenvalue weighted by atomic mass is 9.96. The van der Waals surface area contributed by atoms with E-state index >= 15 is 0 Å². The van der Waals surface area contributed by atoms with Gasteiger partial charge >= 0.3 is 30.5 Å². The fraction of sp³-hybridized carbons (Fsp3) is 0.800. The van der Waals surface area contributed by atoms with Crippen LogP contribution < -0.4 is 20.7 Å². The number of aliphatic imine (C=N–C) groups is 1. The van der Waals surface area contributed by atoms with Crippen LogP contribution in [0.2, 0.25) is 0 Å². The van der Waals surface area contributed by atoms with Gasteiger partial charge in [-0.25, -0.2) is 24.2 Å². The summed E-state index contributed by atoms with van der Waals surface area (Å²) in [6.45, 7) is 29.0. The van der Waals surface area contributed by atoms with E-state index in [4.69, 9.17) is 38.3 Å². The highest BCUT2D eigenvalue weighted by atomic mass is 35.5. The fourth-order valence-electron chi connectivity index (χ4n) is 11.6. The number of rotatable bonds is 10. The summed E-state index contributed by atoms with van der Waals surface area (Å²) in [5, 5.41) is 17.7. The summed E-state index contributed by atoms with van der Waals surface area (Å²) >= 11 is 0. The number of benzene rings is 1. The molecule has 584 valence electrons. The third-order valence-corrected chi connectivity index (χ3v) is 17.0. The SMILES string of the molecule is C.C.CC(C)(C)OC(=O)N1CCCN(C(=O)CC2CCOCC2)CC1.CC(C)(C)OC(=O)N1CCCNCC1.CN=C=O.Cl.Cl.O=C(CC1CCOCC1)N1CCCN(C(=O)Nc2ccc(OC(F)(F)F)cc2)CC1.O=C(CC1CCOCC1)N1CCCNCC1.O=C(O)CC1CCOCC1. The zero-order chi connectivity index (χ0) is 71.1. The number of carbonyl (C=O) groups excluding carboxylic acids is 7. The second-order valence-electron chi connectivity index (χ2n) is 27.2. The largest absolute Gasteiger partial charge is 0.573 e. The Morgan fingerprint density at radius 1 is 0.495 bits per heavy atom. The molecule has 0 aliphatic carbocycles. The minimum absolute atomic E-state index is 0. The second kappa shape index (κ2) is 52.2. The lowest BCUT2D eigenvalue weighted by molar-refractivity contribution is -0.274. The number of anilines is 1. The van der Waals surface area contributed by atoms with Gasteiger partial charge in [0.1, 0.15) is 17.0 Å². The molecule has 9 rings (SSSR count). The fourth-order valence-corrected chi connectivity index (χ4v) is 11.6. The number of hydrogen-bond acceptors (Lipinski definition) is 18. The molecule has 31 heteroatoms. The first-order chi connectivity index (χ1) is 46.2. The Balaban J connectivity index is 0.00000126. The number of ether oxygens (including phenoxy) is 7.